The van der Waals surface area contributed by atoms with E-state index < -0.39 is 0 Å². The molecule has 0 aliphatic heterocycles. The predicted octanol–water partition coefficient (Wildman–Crippen LogP) is 5.47. The van der Waals surface area contributed by atoms with Gasteiger partial charge in [-0.05, 0) is 33.6 Å². The summed E-state index contributed by atoms with van der Waals surface area (Å²) in [4.78, 5) is 0. The first kappa shape index (κ1) is 19.9. The SMILES string of the molecule is CCCCCCC(O)C(CCCCCC)OC(C)(C)C. The molecule has 20 heavy (non-hydrogen) atoms. The van der Waals surface area contributed by atoms with Crippen molar-refractivity contribution in [2.24, 2.45) is 0 Å². The Morgan fingerprint density at radius 1 is 0.800 bits per heavy atom. The zero-order chi connectivity index (χ0) is 15.4. The van der Waals surface area contributed by atoms with Crippen LogP contribution in [0, 0.1) is 0 Å². The molecule has 1 N–H and O–H groups in total. The second-order valence-corrected chi connectivity index (χ2v) is 7.03. The Balaban J connectivity index is 4.13. The van der Waals surface area contributed by atoms with E-state index in [9.17, 15) is 5.11 Å². The Kier molecular flexibility index (Phi) is 11.5. The molecule has 2 unspecified atom stereocenters. The van der Waals surface area contributed by atoms with Crippen LogP contribution < -0.4 is 0 Å². The zero-order valence-corrected chi connectivity index (χ0v) is 14.6. The van der Waals surface area contributed by atoms with E-state index in [1.54, 1.807) is 0 Å². The molecule has 0 heterocycles. The molecule has 0 aromatic rings. The van der Waals surface area contributed by atoms with Crippen molar-refractivity contribution in [1.29, 1.82) is 0 Å². The van der Waals surface area contributed by atoms with Crippen LogP contribution in [0.2, 0.25) is 0 Å². The molecule has 0 aromatic carbocycles. The van der Waals surface area contributed by atoms with Crippen LogP contribution in [-0.2, 0) is 4.74 Å². The molecule has 0 bridgehead atoms. The minimum Gasteiger partial charge on any atom is -0.390 e. The lowest BCUT2D eigenvalue weighted by atomic mass is 9.99. The van der Waals surface area contributed by atoms with E-state index >= 15 is 0 Å². The molecular weight excluding hydrogens is 248 g/mol. The van der Waals surface area contributed by atoms with Crippen LogP contribution in [0.4, 0.5) is 0 Å². The Hall–Kier alpha value is -0.0800. The molecule has 0 saturated heterocycles. The molecule has 0 aliphatic rings. The maximum absolute atomic E-state index is 10.4. The Labute approximate surface area is 127 Å². The van der Waals surface area contributed by atoms with Crippen LogP contribution in [0.3, 0.4) is 0 Å². The van der Waals surface area contributed by atoms with Crippen LogP contribution in [-0.4, -0.2) is 22.9 Å². The summed E-state index contributed by atoms with van der Waals surface area (Å²) in [5.41, 5.74) is -0.167. The van der Waals surface area contributed by atoms with Gasteiger partial charge in [0.2, 0.25) is 0 Å². The van der Waals surface area contributed by atoms with Gasteiger partial charge >= 0.3 is 0 Å². The summed E-state index contributed by atoms with van der Waals surface area (Å²) in [6, 6.07) is 0. The van der Waals surface area contributed by atoms with E-state index in [0.717, 1.165) is 19.3 Å². The molecule has 0 fully saturated rings. The maximum Gasteiger partial charge on any atom is 0.0841 e. The summed E-state index contributed by atoms with van der Waals surface area (Å²) in [6.07, 6.45) is 11.4. The van der Waals surface area contributed by atoms with E-state index in [0.29, 0.717) is 0 Å². The number of rotatable bonds is 12. The van der Waals surface area contributed by atoms with Gasteiger partial charge in [0.25, 0.3) is 0 Å². The van der Waals surface area contributed by atoms with Crippen molar-refractivity contribution in [1.82, 2.24) is 0 Å². The van der Waals surface area contributed by atoms with Gasteiger partial charge in [-0.2, -0.15) is 0 Å². The Morgan fingerprint density at radius 2 is 1.30 bits per heavy atom. The molecule has 2 atom stereocenters. The highest BCUT2D eigenvalue weighted by Crippen LogP contribution is 2.21. The molecule has 2 heteroatoms. The number of hydrogen-bond donors (Lipinski definition) is 1. The maximum atomic E-state index is 10.4. The van der Waals surface area contributed by atoms with Crippen molar-refractivity contribution in [3.8, 4) is 0 Å². The number of aliphatic hydroxyl groups excluding tert-OH is 1. The lowest BCUT2D eigenvalue weighted by molar-refractivity contribution is -0.116. The Bertz CT molecular complexity index is 208. The second kappa shape index (κ2) is 11.6. The molecule has 0 aliphatic carbocycles. The van der Waals surface area contributed by atoms with Gasteiger partial charge in [-0.1, -0.05) is 65.2 Å². The molecule has 2 nitrogen and oxygen atoms in total. The fourth-order valence-corrected chi connectivity index (χ4v) is 2.52. The fourth-order valence-electron chi connectivity index (χ4n) is 2.52. The van der Waals surface area contributed by atoms with Crippen LogP contribution in [0.15, 0.2) is 0 Å². The van der Waals surface area contributed by atoms with Gasteiger partial charge < -0.3 is 9.84 Å². The standard InChI is InChI=1S/C18H38O2/c1-6-8-10-12-14-16(19)17(20-18(3,4)5)15-13-11-9-7-2/h16-17,19H,6-15H2,1-5H3. The highest BCUT2D eigenvalue weighted by atomic mass is 16.5. The summed E-state index contributed by atoms with van der Waals surface area (Å²) in [6.45, 7) is 10.7. The summed E-state index contributed by atoms with van der Waals surface area (Å²) >= 11 is 0. The third-order valence-electron chi connectivity index (χ3n) is 3.63. The number of ether oxygens (including phenoxy) is 1. The van der Waals surface area contributed by atoms with E-state index in [-0.39, 0.29) is 17.8 Å². The average molecular weight is 286 g/mol. The Morgan fingerprint density at radius 3 is 1.75 bits per heavy atom. The lowest BCUT2D eigenvalue weighted by Gasteiger charge is -2.31. The van der Waals surface area contributed by atoms with Crippen molar-refractivity contribution >= 4 is 0 Å². The van der Waals surface area contributed by atoms with Gasteiger partial charge in [0, 0.05) is 0 Å². The van der Waals surface area contributed by atoms with E-state index in [1.807, 2.05) is 0 Å². The smallest absolute Gasteiger partial charge is 0.0841 e. The molecule has 122 valence electrons. The van der Waals surface area contributed by atoms with Crippen molar-refractivity contribution < 1.29 is 9.84 Å². The van der Waals surface area contributed by atoms with Gasteiger partial charge in [-0.3, -0.25) is 0 Å². The molecule has 0 saturated carbocycles. The summed E-state index contributed by atoms with van der Waals surface area (Å²) in [7, 11) is 0. The van der Waals surface area contributed by atoms with Crippen molar-refractivity contribution in [2.75, 3.05) is 0 Å². The number of aliphatic hydroxyl groups is 1. The van der Waals surface area contributed by atoms with E-state index in [4.69, 9.17) is 4.74 Å². The van der Waals surface area contributed by atoms with E-state index in [2.05, 4.69) is 34.6 Å². The summed E-state index contributed by atoms with van der Waals surface area (Å²) < 4.78 is 6.09. The number of unbranched alkanes of at least 4 members (excludes halogenated alkanes) is 6. The highest BCUT2D eigenvalue weighted by molar-refractivity contribution is 4.74. The summed E-state index contributed by atoms with van der Waals surface area (Å²) in [5.74, 6) is 0. The van der Waals surface area contributed by atoms with Crippen LogP contribution >= 0.6 is 0 Å². The van der Waals surface area contributed by atoms with Crippen molar-refractivity contribution in [3.63, 3.8) is 0 Å². The average Bonchev–Trinajstić information content (AvgIpc) is 2.36. The van der Waals surface area contributed by atoms with Gasteiger partial charge in [0.1, 0.15) is 0 Å². The molecule has 0 radical (unpaired) electrons. The third kappa shape index (κ3) is 11.7. The topological polar surface area (TPSA) is 29.5 Å². The molecule has 0 rings (SSSR count). The van der Waals surface area contributed by atoms with Crippen molar-refractivity contribution in [2.45, 2.75) is 117 Å². The first-order chi connectivity index (χ1) is 9.40. The molecule has 0 spiro atoms. The minimum atomic E-state index is -0.298. The normalized spacial score (nSPS) is 15.3. The first-order valence-electron chi connectivity index (χ1n) is 8.76. The van der Waals surface area contributed by atoms with Crippen LogP contribution in [0.5, 0.6) is 0 Å². The molecular formula is C18H38O2. The molecule has 0 amide bonds. The van der Waals surface area contributed by atoms with Crippen LogP contribution in [0.1, 0.15) is 98.8 Å². The second-order valence-electron chi connectivity index (χ2n) is 7.03. The van der Waals surface area contributed by atoms with Gasteiger partial charge in [-0.25, -0.2) is 0 Å². The van der Waals surface area contributed by atoms with Gasteiger partial charge in [0.15, 0.2) is 0 Å². The quantitative estimate of drug-likeness (QED) is 0.482. The van der Waals surface area contributed by atoms with Gasteiger partial charge in [-0.15, -0.1) is 0 Å². The fraction of sp³-hybridized carbons (Fsp3) is 1.00. The monoisotopic (exact) mass is 286 g/mol. The van der Waals surface area contributed by atoms with Crippen molar-refractivity contribution in [3.05, 3.63) is 0 Å². The summed E-state index contributed by atoms with van der Waals surface area (Å²) in [5, 5.41) is 10.4. The predicted molar refractivity (Wildman–Crippen MR) is 88.2 cm³/mol. The van der Waals surface area contributed by atoms with Gasteiger partial charge in [0.05, 0.1) is 17.8 Å². The number of hydrogen-bond acceptors (Lipinski definition) is 2. The zero-order valence-electron chi connectivity index (χ0n) is 14.6. The van der Waals surface area contributed by atoms with E-state index in [1.165, 1.54) is 44.9 Å². The highest BCUT2D eigenvalue weighted by Gasteiger charge is 2.24. The molecule has 0 aromatic heterocycles. The van der Waals surface area contributed by atoms with Crippen LogP contribution in [0.25, 0.3) is 0 Å². The lowest BCUT2D eigenvalue weighted by Crippen LogP contribution is -2.36. The largest absolute Gasteiger partial charge is 0.390 e. The third-order valence-corrected chi connectivity index (χ3v) is 3.63. The first-order valence-corrected chi connectivity index (χ1v) is 8.76. The minimum absolute atomic E-state index is 0.00785.